The van der Waals surface area contributed by atoms with Gasteiger partial charge in [-0.2, -0.15) is 17.5 Å². The van der Waals surface area contributed by atoms with E-state index in [1.165, 1.54) is 42.4 Å². The molecule has 1 atom stereocenters. The maximum absolute atomic E-state index is 14.3. The smallest absolute Gasteiger partial charge is 0.366 e. The summed E-state index contributed by atoms with van der Waals surface area (Å²) < 4.78 is 82.5. The highest BCUT2D eigenvalue weighted by Gasteiger charge is 2.75. The molecule has 7 nitrogen and oxygen atoms in total. The van der Waals surface area contributed by atoms with E-state index in [9.17, 15) is 30.8 Å². The molecular formula is C29H33ClF4N4O3S. The molecule has 13 heteroatoms. The fourth-order valence-corrected chi connectivity index (χ4v) is 8.48. The van der Waals surface area contributed by atoms with Crippen LogP contribution in [0.25, 0.3) is 0 Å². The van der Waals surface area contributed by atoms with E-state index in [0.29, 0.717) is 30.7 Å². The van der Waals surface area contributed by atoms with E-state index >= 15 is 0 Å². The summed E-state index contributed by atoms with van der Waals surface area (Å²) in [4.78, 5) is 17.9. The Hall–Kier alpha value is -2.70. The summed E-state index contributed by atoms with van der Waals surface area (Å²) in [7, 11) is -3.97. The van der Waals surface area contributed by atoms with Crippen LogP contribution in [0.4, 0.5) is 17.6 Å². The molecule has 0 unspecified atom stereocenters. The zero-order chi connectivity index (χ0) is 30.9. The van der Waals surface area contributed by atoms with Gasteiger partial charge in [-0.25, -0.2) is 12.8 Å². The van der Waals surface area contributed by atoms with Crippen molar-refractivity contribution >= 4 is 33.4 Å². The molecule has 4 aliphatic rings. The minimum Gasteiger partial charge on any atom is -0.366 e. The number of alkyl halides is 3. The van der Waals surface area contributed by atoms with Gasteiger partial charge in [0.1, 0.15) is 11.7 Å². The zero-order valence-corrected chi connectivity index (χ0v) is 25.2. The third-order valence-corrected chi connectivity index (χ3v) is 10.7. The third-order valence-electron chi connectivity index (χ3n) is 8.41. The predicted molar refractivity (Wildman–Crippen MR) is 151 cm³/mol. The third kappa shape index (κ3) is 5.53. The van der Waals surface area contributed by atoms with E-state index in [1.54, 1.807) is 38.1 Å². The van der Waals surface area contributed by atoms with Gasteiger partial charge in [0, 0.05) is 23.0 Å². The van der Waals surface area contributed by atoms with Crippen LogP contribution in [-0.2, 0) is 21.4 Å². The monoisotopic (exact) mass is 628 g/mol. The highest BCUT2D eigenvalue weighted by atomic mass is 35.5. The molecule has 228 valence electrons. The van der Waals surface area contributed by atoms with E-state index in [0.717, 1.165) is 0 Å². The van der Waals surface area contributed by atoms with Gasteiger partial charge in [-0.15, -0.1) is 0 Å². The summed E-state index contributed by atoms with van der Waals surface area (Å²) in [5.74, 6) is -0.705. The van der Waals surface area contributed by atoms with Crippen LogP contribution >= 0.6 is 11.6 Å². The SMILES string of the molecule is CC(C)(CC(F)(F)F)NC(=O)[C@@H]1N=C(C23CC(N(Cc4ccc(Cl)c(F)c4)S(=O)(=O)c4ccccc4)(C2)C3)NC1(C)C. The van der Waals surface area contributed by atoms with Crippen molar-refractivity contribution < 1.29 is 30.8 Å². The van der Waals surface area contributed by atoms with Crippen LogP contribution in [0.3, 0.4) is 0 Å². The van der Waals surface area contributed by atoms with Crippen molar-refractivity contribution in [1.82, 2.24) is 14.9 Å². The molecule has 1 heterocycles. The number of carbonyl (C=O) groups excluding carboxylic acids is 1. The fourth-order valence-electron chi connectivity index (χ4n) is 6.58. The number of halogens is 5. The molecule has 42 heavy (non-hydrogen) atoms. The minimum absolute atomic E-state index is 0.0611. The van der Waals surface area contributed by atoms with Crippen LogP contribution in [0, 0.1) is 11.2 Å². The van der Waals surface area contributed by atoms with Crippen molar-refractivity contribution in [2.24, 2.45) is 10.4 Å². The first-order valence-electron chi connectivity index (χ1n) is 13.5. The molecule has 1 amide bonds. The largest absolute Gasteiger partial charge is 0.391 e. The highest BCUT2D eigenvalue weighted by Crippen LogP contribution is 2.71. The van der Waals surface area contributed by atoms with Crippen molar-refractivity contribution in [3.8, 4) is 0 Å². The van der Waals surface area contributed by atoms with Gasteiger partial charge in [-0.3, -0.25) is 9.79 Å². The normalized spacial score (nSPS) is 26.6. The lowest BCUT2D eigenvalue weighted by Crippen LogP contribution is -2.78. The lowest BCUT2D eigenvalue weighted by molar-refractivity contribution is -0.151. The summed E-state index contributed by atoms with van der Waals surface area (Å²) in [5.41, 5.74) is -3.17. The Labute approximate surface area is 247 Å². The average molecular weight is 629 g/mol. The van der Waals surface area contributed by atoms with Gasteiger partial charge < -0.3 is 10.6 Å². The quantitative estimate of drug-likeness (QED) is 0.355. The Morgan fingerprint density at radius 1 is 1.12 bits per heavy atom. The molecule has 3 aliphatic carbocycles. The molecular weight excluding hydrogens is 596 g/mol. The first-order valence-corrected chi connectivity index (χ1v) is 15.4. The number of amidine groups is 1. The number of nitrogens with zero attached hydrogens (tertiary/aromatic N) is 2. The van der Waals surface area contributed by atoms with Gasteiger partial charge in [0.15, 0.2) is 6.04 Å². The lowest BCUT2D eigenvalue weighted by atomic mass is 9.38. The maximum Gasteiger partial charge on any atom is 0.391 e. The zero-order valence-electron chi connectivity index (χ0n) is 23.6. The van der Waals surface area contributed by atoms with E-state index in [1.807, 2.05) is 0 Å². The first kappa shape index (κ1) is 30.7. The van der Waals surface area contributed by atoms with Crippen LogP contribution in [-0.4, -0.2) is 53.3 Å². The second kappa shape index (κ2) is 9.92. The summed E-state index contributed by atoms with van der Waals surface area (Å²) in [6, 6.07) is 11.3. The van der Waals surface area contributed by atoms with Crippen molar-refractivity contribution in [2.75, 3.05) is 0 Å². The first-order chi connectivity index (χ1) is 19.3. The minimum atomic E-state index is -4.45. The topological polar surface area (TPSA) is 90.9 Å². The predicted octanol–water partition coefficient (Wildman–Crippen LogP) is 5.59. The summed E-state index contributed by atoms with van der Waals surface area (Å²) >= 11 is 5.85. The summed E-state index contributed by atoms with van der Waals surface area (Å²) in [6.07, 6.45) is -4.34. The Bertz CT molecular complexity index is 1520. The Kier molecular flexibility index (Phi) is 7.26. The van der Waals surface area contributed by atoms with Crippen LogP contribution in [0.15, 0.2) is 58.4 Å². The maximum atomic E-state index is 14.3. The number of hydrogen-bond acceptors (Lipinski definition) is 5. The van der Waals surface area contributed by atoms with Crippen molar-refractivity contribution in [3.63, 3.8) is 0 Å². The van der Waals surface area contributed by atoms with Gasteiger partial charge in [0.25, 0.3) is 0 Å². The van der Waals surface area contributed by atoms with Gasteiger partial charge in [-0.05, 0) is 76.8 Å². The van der Waals surface area contributed by atoms with Gasteiger partial charge in [-0.1, -0.05) is 35.9 Å². The Balaban J connectivity index is 1.38. The average Bonchev–Trinajstić information content (AvgIpc) is 3.12. The van der Waals surface area contributed by atoms with E-state index in [2.05, 4.69) is 15.6 Å². The molecule has 6 rings (SSSR count). The standard InChI is InChI=1S/C29H33ClF4N4O3S/c1-25(2,14-29(32,33)34)36-23(39)22-26(3,4)37-24(35-22)27-15-28(16-27,17-27)38(13-18-10-11-20(30)21(31)12-18)42(40,41)19-8-6-5-7-9-19/h5-12,22H,13-17H2,1-4H3,(H,35,37)(H,36,39)/t22-,27?,28?/m0/s1. The molecule has 2 N–H and O–H groups in total. The molecule has 2 aromatic rings. The van der Waals surface area contributed by atoms with Gasteiger partial charge >= 0.3 is 6.18 Å². The van der Waals surface area contributed by atoms with Crippen LogP contribution in [0.2, 0.25) is 5.02 Å². The van der Waals surface area contributed by atoms with Crippen molar-refractivity contribution in [2.45, 2.75) is 93.7 Å². The molecule has 2 bridgehead atoms. The second-order valence-electron chi connectivity index (χ2n) is 13.0. The van der Waals surface area contributed by atoms with Gasteiger partial charge in [0.05, 0.1) is 21.9 Å². The van der Waals surface area contributed by atoms with Crippen LogP contribution < -0.4 is 10.6 Å². The van der Waals surface area contributed by atoms with E-state index in [-0.39, 0.29) is 16.5 Å². The molecule has 1 aliphatic heterocycles. The van der Waals surface area contributed by atoms with Crippen molar-refractivity contribution in [3.05, 3.63) is 64.9 Å². The Morgan fingerprint density at radius 3 is 2.31 bits per heavy atom. The Morgan fingerprint density at radius 2 is 1.74 bits per heavy atom. The number of sulfonamides is 1. The number of hydrogen-bond donors (Lipinski definition) is 2. The van der Waals surface area contributed by atoms with Crippen LogP contribution in [0.1, 0.15) is 58.9 Å². The molecule has 0 aromatic heterocycles. The molecule has 0 saturated heterocycles. The second-order valence-corrected chi connectivity index (χ2v) is 15.3. The van der Waals surface area contributed by atoms with E-state index in [4.69, 9.17) is 11.6 Å². The molecule has 2 aromatic carbocycles. The molecule has 0 spiro atoms. The van der Waals surface area contributed by atoms with Gasteiger partial charge in [0.2, 0.25) is 15.9 Å². The number of amides is 1. The summed E-state index contributed by atoms with van der Waals surface area (Å²) in [6.45, 7) is 6.08. The lowest BCUT2D eigenvalue weighted by Gasteiger charge is -2.73. The summed E-state index contributed by atoms with van der Waals surface area (Å²) in [5, 5.41) is 5.74. The molecule has 0 radical (unpaired) electrons. The van der Waals surface area contributed by atoms with E-state index < -0.39 is 62.4 Å². The molecule has 3 saturated carbocycles. The number of rotatable bonds is 9. The number of aliphatic imine (C=N–C) groups is 1. The molecule has 3 fully saturated rings. The number of nitrogens with one attached hydrogen (secondary N) is 2. The fraction of sp³-hybridized carbons (Fsp3) is 0.517. The van der Waals surface area contributed by atoms with Crippen LogP contribution in [0.5, 0.6) is 0 Å². The van der Waals surface area contributed by atoms with Crippen molar-refractivity contribution in [1.29, 1.82) is 0 Å². The number of carbonyl (C=O) groups is 1. The number of benzene rings is 2. The highest BCUT2D eigenvalue weighted by molar-refractivity contribution is 7.89.